The van der Waals surface area contributed by atoms with Gasteiger partial charge in [0.25, 0.3) is 0 Å². The van der Waals surface area contributed by atoms with Crippen molar-refractivity contribution in [1.82, 2.24) is 10.9 Å². The van der Waals surface area contributed by atoms with E-state index in [9.17, 15) is 9.18 Å². The Morgan fingerprint density at radius 1 is 1.22 bits per heavy atom. The van der Waals surface area contributed by atoms with Gasteiger partial charge >= 0.3 is 0 Å². The molecule has 0 saturated carbocycles. The molecule has 2 unspecified atom stereocenters. The summed E-state index contributed by atoms with van der Waals surface area (Å²) in [4.78, 5) is 12.4. The van der Waals surface area contributed by atoms with E-state index in [1.54, 1.807) is 13.0 Å². The molecule has 1 aliphatic rings. The Kier molecular flexibility index (Phi) is 4.61. The van der Waals surface area contributed by atoms with Crippen LogP contribution in [0.2, 0.25) is 5.02 Å². The third kappa shape index (κ3) is 3.69. The summed E-state index contributed by atoms with van der Waals surface area (Å²) in [5.41, 5.74) is 8.50. The topological polar surface area (TPSA) is 53.2 Å². The molecular weight excluding hydrogens is 317 g/mol. The van der Waals surface area contributed by atoms with E-state index in [1.807, 2.05) is 24.3 Å². The van der Waals surface area contributed by atoms with Crippen LogP contribution in [0.5, 0.6) is 0 Å². The summed E-state index contributed by atoms with van der Waals surface area (Å²) in [5.74, 6) is -0.465. The van der Waals surface area contributed by atoms with Gasteiger partial charge in [-0.3, -0.25) is 4.79 Å². The van der Waals surface area contributed by atoms with Crippen LogP contribution in [0.1, 0.15) is 23.6 Å². The minimum atomic E-state index is -0.361. The average Bonchev–Trinajstić information content (AvgIpc) is 3.01. The summed E-state index contributed by atoms with van der Waals surface area (Å²) in [6.07, 6.45) is 0.619. The van der Waals surface area contributed by atoms with Crippen molar-refractivity contribution in [2.75, 3.05) is 5.32 Å². The first-order valence-electron chi connectivity index (χ1n) is 7.36. The van der Waals surface area contributed by atoms with Crippen molar-refractivity contribution in [2.45, 2.75) is 25.4 Å². The zero-order valence-corrected chi connectivity index (χ0v) is 13.3. The maximum Gasteiger partial charge on any atom is 0.242 e. The van der Waals surface area contributed by atoms with Crippen molar-refractivity contribution >= 4 is 23.2 Å². The van der Waals surface area contributed by atoms with Gasteiger partial charge in [0, 0.05) is 16.8 Å². The van der Waals surface area contributed by atoms with Gasteiger partial charge in [0.05, 0.1) is 0 Å². The number of hydrazine groups is 1. The molecule has 2 atom stereocenters. The number of carbonyl (C=O) groups is 1. The smallest absolute Gasteiger partial charge is 0.242 e. The lowest BCUT2D eigenvalue weighted by molar-refractivity contribution is -0.117. The molecule has 1 aliphatic heterocycles. The molecule has 1 heterocycles. The SMILES string of the molecule is Cc1cc(F)ccc1NC(=O)C1CC(c2ccc(Cl)cc2)NN1. The zero-order valence-electron chi connectivity index (χ0n) is 12.6. The molecule has 2 aromatic rings. The van der Waals surface area contributed by atoms with Gasteiger partial charge in [-0.15, -0.1) is 0 Å². The van der Waals surface area contributed by atoms with E-state index in [0.29, 0.717) is 22.7 Å². The second-order valence-corrected chi connectivity index (χ2v) is 6.07. The molecule has 1 saturated heterocycles. The summed E-state index contributed by atoms with van der Waals surface area (Å²) >= 11 is 5.89. The fraction of sp³-hybridized carbons (Fsp3) is 0.235. The largest absolute Gasteiger partial charge is 0.324 e. The fourth-order valence-electron chi connectivity index (χ4n) is 2.63. The predicted octanol–water partition coefficient (Wildman–Crippen LogP) is 3.33. The van der Waals surface area contributed by atoms with Crippen LogP contribution in [-0.4, -0.2) is 11.9 Å². The quantitative estimate of drug-likeness (QED) is 0.807. The lowest BCUT2D eigenvalue weighted by Crippen LogP contribution is -2.39. The van der Waals surface area contributed by atoms with Crippen LogP contribution in [-0.2, 0) is 4.79 Å². The van der Waals surface area contributed by atoms with Crippen LogP contribution in [0.3, 0.4) is 0 Å². The maximum atomic E-state index is 13.1. The fourth-order valence-corrected chi connectivity index (χ4v) is 2.75. The third-order valence-corrected chi connectivity index (χ3v) is 4.19. The number of rotatable bonds is 3. The average molecular weight is 334 g/mol. The summed E-state index contributed by atoms with van der Waals surface area (Å²) in [6, 6.07) is 11.5. The predicted molar refractivity (Wildman–Crippen MR) is 88.6 cm³/mol. The Morgan fingerprint density at radius 2 is 1.96 bits per heavy atom. The van der Waals surface area contributed by atoms with Crippen molar-refractivity contribution in [3.05, 3.63) is 64.4 Å². The second kappa shape index (κ2) is 6.66. The minimum Gasteiger partial charge on any atom is -0.324 e. The number of hydrogen-bond acceptors (Lipinski definition) is 3. The normalized spacial score (nSPS) is 20.5. The van der Waals surface area contributed by atoms with Crippen molar-refractivity contribution in [1.29, 1.82) is 0 Å². The van der Waals surface area contributed by atoms with Crippen LogP contribution in [0, 0.1) is 12.7 Å². The first-order valence-corrected chi connectivity index (χ1v) is 7.74. The molecule has 0 bridgehead atoms. The monoisotopic (exact) mass is 333 g/mol. The summed E-state index contributed by atoms with van der Waals surface area (Å²) < 4.78 is 13.1. The van der Waals surface area contributed by atoms with Crippen LogP contribution in [0.25, 0.3) is 0 Å². The van der Waals surface area contributed by atoms with Gasteiger partial charge in [0.15, 0.2) is 0 Å². The number of carbonyl (C=O) groups excluding carboxylic acids is 1. The van der Waals surface area contributed by atoms with Gasteiger partial charge in [-0.2, -0.15) is 0 Å². The highest BCUT2D eigenvalue weighted by atomic mass is 35.5. The Balaban J connectivity index is 1.64. The molecule has 1 amide bonds. The van der Waals surface area contributed by atoms with Gasteiger partial charge in [0.1, 0.15) is 11.9 Å². The number of amides is 1. The van der Waals surface area contributed by atoms with E-state index >= 15 is 0 Å². The second-order valence-electron chi connectivity index (χ2n) is 5.63. The molecule has 0 aromatic heterocycles. The van der Waals surface area contributed by atoms with Crippen molar-refractivity contribution in [3.63, 3.8) is 0 Å². The number of aryl methyl sites for hydroxylation is 1. The third-order valence-electron chi connectivity index (χ3n) is 3.94. The molecule has 4 nitrogen and oxygen atoms in total. The Bertz CT molecular complexity index is 720. The Morgan fingerprint density at radius 3 is 2.65 bits per heavy atom. The number of hydrogen-bond donors (Lipinski definition) is 3. The first kappa shape index (κ1) is 15.9. The number of nitrogens with one attached hydrogen (secondary N) is 3. The molecule has 3 rings (SSSR count). The standard InChI is InChI=1S/C17H17ClFN3O/c1-10-8-13(19)6-7-14(10)20-17(23)16-9-15(21-22-16)11-2-4-12(18)5-3-11/h2-8,15-16,21-22H,9H2,1H3,(H,20,23). The van der Waals surface area contributed by atoms with Gasteiger partial charge in [-0.1, -0.05) is 23.7 Å². The molecule has 3 N–H and O–H groups in total. The van der Waals surface area contributed by atoms with Crippen LogP contribution < -0.4 is 16.2 Å². The molecule has 120 valence electrons. The zero-order chi connectivity index (χ0) is 16.4. The highest BCUT2D eigenvalue weighted by molar-refractivity contribution is 6.30. The molecule has 6 heteroatoms. The minimum absolute atomic E-state index is 0.0392. The van der Waals surface area contributed by atoms with Crippen molar-refractivity contribution in [2.24, 2.45) is 0 Å². The lowest BCUT2D eigenvalue weighted by Gasteiger charge is -2.12. The molecule has 23 heavy (non-hydrogen) atoms. The maximum absolute atomic E-state index is 13.1. The summed E-state index contributed by atoms with van der Waals surface area (Å²) in [6.45, 7) is 1.76. The molecule has 0 spiro atoms. The first-order chi connectivity index (χ1) is 11.0. The van der Waals surface area contributed by atoms with E-state index in [1.165, 1.54) is 12.1 Å². The van der Waals surface area contributed by atoms with Crippen LogP contribution in [0.4, 0.5) is 10.1 Å². The molecule has 2 aromatic carbocycles. The summed E-state index contributed by atoms with van der Waals surface area (Å²) in [5, 5.41) is 3.51. The number of halogens is 2. The summed E-state index contributed by atoms with van der Waals surface area (Å²) in [7, 11) is 0. The van der Waals surface area contributed by atoms with E-state index in [0.717, 1.165) is 5.56 Å². The highest BCUT2D eigenvalue weighted by Crippen LogP contribution is 2.24. The molecule has 0 aliphatic carbocycles. The highest BCUT2D eigenvalue weighted by Gasteiger charge is 2.30. The van der Waals surface area contributed by atoms with Crippen LogP contribution >= 0.6 is 11.6 Å². The molecule has 1 fully saturated rings. The van der Waals surface area contributed by atoms with E-state index in [4.69, 9.17) is 11.6 Å². The Labute approximate surface area is 139 Å². The van der Waals surface area contributed by atoms with E-state index < -0.39 is 0 Å². The van der Waals surface area contributed by atoms with Crippen molar-refractivity contribution in [3.8, 4) is 0 Å². The lowest BCUT2D eigenvalue weighted by atomic mass is 10.0. The number of anilines is 1. The molecule has 0 radical (unpaired) electrons. The van der Waals surface area contributed by atoms with Gasteiger partial charge in [0.2, 0.25) is 5.91 Å². The van der Waals surface area contributed by atoms with Gasteiger partial charge in [-0.05, 0) is 54.8 Å². The van der Waals surface area contributed by atoms with Gasteiger partial charge in [-0.25, -0.2) is 15.2 Å². The van der Waals surface area contributed by atoms with Gasteiger partial charge < -0.3 is 5.32 Å². The molecular formula is C17H17ClFN3O. The van der Waals surface area contributed by atoms with E-state index in [-0.39, 0.29) is 23.8 Å². The van der Waals surface area contributed by atoms with Crippen molar-refractivity contribution < 1.29 is 9.18 Å². The number of benzene rings is 2. The van der Waals surface area contributed by atoms with Crippen LogP contribution in [0.15, 0.2) is 42.5 Å². The Hall–Kier alpha value is -1.95. The van der Waals surface area contributed by atoms with E-state index in [2.05, 4.69) is 16.2 Å².